The first-order chi connectivity index (χ1) is 14.1. The van der Waals surface area contributed by atoms with Crippen LogP contribution >= 0.6 is 0 Å². The molecule has 2 aliphatic rings. The van der Waals surface area contributed by atoms with E-state index in [1.165, 1.54) is 5.56 Å². The first-order valence-electron chi connectivity index (χ1n) is 11.3. The summed E-state index contributed by atoms with van der Waals surface area (Å²) in [4.78, 5) is 30.0. The van der Waals surface area contributed by atoms with Gasteiger partial charge in [-0.1, -0.05) is 50.6 Å². The highest BCUT2D eigenvalue weighted by Gasteiger charge is 2.51. The number of urea groups is 1. The maximum Gasteiger partial charge on any atom is 0.317 e. The van der Waals surface area contributed by atoms with Gasteiger partial charge in [0.05, 0.1) is 11.7 Å². The fourth-order valence-corrected chi connectivity index (χ4v) is 4.45. The molecule has 3 amide bonds. The number of nitrogens with one attached hydrogen (secondary N) is 2. The minimum Gasteiger partial charge on any atom is -0.333 e. The molecular weight excluding hydrogens is 376 g/mol. The van der Waals surface area contributed by atoms with E-state index in [1.807, 2.05) is 43.9 Å². The Balaban J connectivity index is 1.74. The van der Waals surface area contributed by atoms with Gasteiger partial charge in [0.25, 0.3) is 0 Å². The molecule has 1 aromatic carbocycles. The molecule has 3 rings (SSSR count). The van der Waals surface area contributed by atoms with Gasteiger partial charge in [0, 0.05) is 38.0 Å². The fourth-order valence-electron chi connectivity index (χ4n) is 4.45. The van der Waals surface area contributed by atoms with E-state index < -0.39 is 0 Å². The second-order valence-corrected chi connectivity index (χ2v) is 10.0. The van der Waals surface area contributed by atoms with E-state index in [0.717, 1.165) is 25.8 Å². The Labute approximate surface area is 181 Å². The summed E-state index contributed by atoms with van der Waals surface area (Å²) in [6, 6.07) is 9.99. The molecule has 2 aliphatic heterocycles. The van der Waals surface area contributed by atoms with Crippen LogP contribution in [0.25, 0.3) is 0 Å². The number of carbonyl (C=O) groups is 2. The van der Waals surface area contributed by atoms with Crippen LogP contribution in [0.3, 0.4) is 0 Å². The normalized spacial score (nSPS) is 22.4. The van der Waals surface area contributed by atoms with E-state index in [1.54, 1.807) is 0 Å². The van der Waals surface area contributed by atoms with Crippen LogP contribution in [0.4, 0.5) is 4.79 Å². The van der Waals surface area contributed by atoms with Crippen molar-refractivity contribution in [3.63, 3.8) is 0 Å². The largest absolute Gasteiger partial charge is 0.333 e. The third kappa shape index (κ3) is 5.15. The average molecular weight is 415 g/mol. The quantitative estimate of drug-likeness (QED) is 0.776. The second-order valence-electron chi connectivity index (χ2n) is 10.0. The van der Waals surface area contributed by atoms with Crippen LogP contribution < -0.4 is 10.6 Å². The molecule has 0 radical (unpaired) electrons. The molecule has 2 atom stereocenters. The third-order valence-corrected chi connectivity index (χ3v) is 6.36. The topological polar surface area (TPSA) is 64.7 Å². The Hall–Kier alpha value is -2.08. The Morgan fingerprint density at radius 2 is 1.87 bits per heavy atom. The number of hydrogen-bond donors (Lipinski definition) is 2. The van der Waals surface area contributed by atoms with Crippen LogP contribution in [0.2, 0.25) is 0 Å². The highest BCUT2D eigenvalue weighted by Crippen LogP contribution is 2.34. The number of carbonyl (C=O) groups excluding carboxylic acids is 2. The molecule has 30 heavy (non-hydrogen) atoms. The van der Waals surface area contributed by atoms with Gasteiger partial charge in [-0.3, -0.25) is 10.1 Å². The molecule has 0 bridgehead atoms. The van der Waals surface area contributed by atoms with Gasteiger partial charge in [-0.05, 0) is 38.7 Å². The second kappa shape index (κ2) is 8.96. The lowest BCUT2D eigenvalue weighted by Crippen LogP contribution is -2.61. The number of amides is 3. The van der Waals surface area contributed by atoms with E-state index in [9.17, 15) is 9.59 Å². The minimum absolute atomic E-state index is 0.0176. The lowest BCUT2D eigenvalue weighted by Gasteiger charge is -2.45. The van der Waals surface area contributed by atoms with Crippen molar-refractivity contribution in [1.29, 1.82) is 0 Å². The molecule has 0 aromatic heterocycles. The summed E-state index contributed by atoms with van der Waals surface area (Å²) >= 11 is 0. The number of nitrogens with zero attached hydrogens (tertiary/aromatic N) is 2. The Bertz CT molecular complexity index is 735. The summed E-state index contributed by atoms with van der Waals surface area (Å²) in [5.41, 5.74) is 0.571. The molecule has 2 unspecified atom stereocenters. The fraction of sp³-hybridized carbons (Fsp3) is 0.667. The zero-order chi connectivity index (χ0) is 21.9. The minimum atomic E-state index is -0.349. The third-order valence-electron chi connectivity index (χ3n) is 6.36. The zero-order valence-electron chi connectivity index (χ0n) is 19.2. The first-order valence-corrected chi connectivity index (χ1v) is 11.3. The van der Waals surface area contributed by atoms with E-state index in [0.29, 0.717) is 25.4 Å². The van der Waals surface area contributed by atoms with Gasteiger partial charge in [0.15, 0.2) is 0 Å². The van der Waals surface area contributed by atoms with Gasteiger partial charge in [-0.25, -0.2) is 4.79 Å². The first kappa shape index (κ1) is 22.6. The zero-order valence-corrected chi connectivity index (χ0v) is 19.2. The van der Waals surface area contributed by atoms with E-state index >= 15 is 0 Å². The highest BCUT2D eigenvalue weighted by molar-refractivity contribution is 5.85. The standard InChI is InChI=1S/C24H38N4O2/c1-6-18(2)17-28-21(29)20(16-19-10-8-7-9-11-19)25-24(28)12-14-27(15-13-24)22(30)26-23(3,4)5/h7-11,18,20,25H,6,12-17H2,1-5H3,(H,26,30). The van der Waals surface area contributed by atoms with E-state index in [-0.39, 0.29) is 29.2 Å². The molecule has 166 valence electrons. The van der Waals surface area contributed by atoms with Gasteiger partial charge in [-0.2, -0.15) is 0 Å². The van der Waals surface area contributed by atoms with Crippen molar-refractivity contribution in [2.24, 2.45) is 5.92 Å². The van der Waals surface area contributed by atoms with Gasteiger partial charge >= 0.3 is 6.03 Å². The van der Waals surface area contributed by atoms with Crippen molar-refractivity contribution in [1.82, 2.24) is 20.4 Å². The molecule has 2 saturated heterocycles. The number of piperidine rings is 1. The Kier molecular flexibility index (Phi) is 6.75. The molecule has 1 aromatic rings. The molecule has 0 aliphatic carbocycles. The van der Waals surface area contributed by atoms with Crippen molar-refractivity contribution in [3.8, 4) is 0 Å². The van der Waals surface area contributed by atoms with Crippen LogP contribution in [0, 0.1) is 5.92 Å². The number of likely N-dealkylation sites (tertiary alicyclic amines) is 1. The Morgan fingerprint density at radius 1 is 1.23 bits per heavy atom. The number of benzene rings is 1. The highest BCUT2D eigenvalue weighted by atomic mass is 16.2. The smallest absolute Gasteiger partial charge is 0.317 e. The molecule has 6 nitrogen and oxygen atoms in total. The predicted molar refractivity (Wildman–Crippen MR) is 120 cm³/mol. The van der Waals surface area contributed by atoms with Gasteiger partial charge < -0.3 is 15.1 Å². The van der Waals surface area contributed by atoms with Gasteiger partial charge in [-0.15, -0.1) is 0 Å². The summed E-state index contributed by atoms with van der Waals surface area (Å²) in [6.45, 7) is 12.4. The lowest BCUT2D eigenvalue weighted by molar-refractivity contribution is -0.134. The van der Waals surface area contributed by atoms with Crippen molar-refractivity contribution in [2.45, 2.75) is 77.5 Å². The van der Waals surface area contributed by atoms with Crippen molar-refractivity contribution < 1.29 is 9.59 Å². The summed E-state index contributed by atoms with van der Waals surface area (Å²) in [5, 5.41) is 6.77. The molecule has 1 spiro atoms. The summed E-state index contributed by atoms with van der Waals surface area (Å²) in [6.07, 6.45) is 3.27. The van der Waals surface area contributed by atoms with Crippen LogP contribution in [0.1, 0.15) is 59.4 Å². The predicted octanol–water partition coefficient (Wildman–Crippen LogP) is 3.38. The maximum atomic E-state index is 13.4. The van der Waals surface area contributed by atoms with Crippen LogP contribution in [-0.2, 0) is 11.2 Å². The van der Waals surface area contributed by atoms with E-state index in [4.69, 9.17) is 0 Å². The van der Waals surface area contributed by atoms with Crippen molar-refractivity contribution >= 4 is 11.9 Å². The summed E-state index contributed by atoms with van der Waals surface area (Å²) < 4.78 is 0. The maximum absolute atomic E-state index is 13.4. The molecule has 2 heterocycles. The Morgan fingerprint density at radius 3 is 2.43 bits per heavy atom. The van der Waals surface area contributed by atoms with Crippen LogP contribution in [0.5, 0.6) is 0 Å². The van der Waals surface area contributed by atoms with Crippen LogP contribution in [0.15, 0.2) is 30.3 Å². The van der Waals surface area contributed by atoms with Crippen molar-refractivity contribution in [2.75, 3.05) is 19.6 Å². The average Bonchev–Trinajstić information content (AvgIpc) is 2.93. The monoisotopic (exact) mass is 414 g/mol. The summed E-state index contributed by atoms with van der Waals surface area (Å²) in [5.74, 6) is 0.650. The molecule has 2 N–H and O–H groups in total. The van der Waals surface area contributed by atoms with Crippen LogP contribution in [-0.4, -0.2) is 58.6 Å². The summed E-state index contributed by atoms with van der Waals surface area (Å²) in [7, 11) is 0. The SMILES string of the molecule is CCC(C)CN1C(=O)C(Cc2ccccc2)NC12CCN(C(=O)NC(C)(C)C)CC2. The molecular formula is C24H38N4O2. The van der Waals surface area contributed by atoms with E-state index in [2.05, 4.69) is 41.5 Å². The van der Waals surface area contributed by atoms with Crippen molar-refractivity contribution in [3.05, 3.63) is 35.9 Å². The molecule has 6 heteroatoms. The number of rotatable bonds is 5. The molecule has 0 saturated carbocycles. The van der Waals surface area contributed by atoms with Gasteiger partial charge in [0.1, 0.15) is 0 Å². The lowest BCUT2D eigenvalue weighted by atomic mass is 9.94. The molecule has 2 fully saturated rings. The van der Waals surface area contributed by atoms with Gasteiger partial charge in [0.2, 0.25) is 5.91 Å². The number of hydrogen-bond acceptors (Lipinski definition) is 3.